The Kier molecular flexibility index (Phi) is 5.80. The lowest BCUT2D eigenvalue weighted by Gasteiger charge is -2.36. The van der Waals surface area contributed by atoms with Gasteiger partial charge in [-0.05, 0) is 49.9 Å². The van der Waals surface area contributed by atoms with E-state index in [1.165, 1.54) is 19.3 Å². The van der Waals surface area contributed by atoms with E-state index in [0.717, 1.165) is 35.8 Å². The number of allylic oxidation sites excluding steroid dienone is 4. The van der Waals surface area contributed by atoms with Crippen LogP contribution in [0.2, 0.25) is 0 Å². The minimum absolute atomic E-state index is 0.736. The highest BCUT2D eigenvalue weighted by molar-refractivity contribution is 5.05. The third kappa shape index (κ3) is 3.90. The quantitative estimate of drug-likeness (QED) is 0.697. The lowest BCUT2D eigenvalue weighted by atomic mass is 9.70. The van der Waals surface area contributed by atoms with E-state index in [-0.39, 0.29) is 0 Å². The SMILES string of the molecule is C/C=C\C(CCC)[C@H](C)C1CC=C(N)C[C@H]1C. The van der Waals surface area contributed by atoms with Crippen LogP contribution < -0.4 is 5.73 Å². The summed E-state index contributed by atoms with van der Waals surface area (Å²) in [5, 5.41) is 0. The van der Waals surface area contributed by atoms with Gasteiger partial charge in [0.1, 0.15) is 0 Å². The van der Waals surface area contributed by atoms with Crippen LogP contribution in [0, 0.1) is 23.7 Å². The zero-order chi connectivity index (χ0) is 12.8. The normalized spacial score (nSPS) is 29.1. The second kappa shape index (κ2) is 6.88. The summed E-state index contributed by atoms with van der Waals surface area (Å²) >= 11 is 0. The number of hydrogen-bond donors (Lipinski definition) is 1. The van der Waals surface area contributed by atoms with Gasteiger partial charge in [-0.3, -0.25) is 0 Å². The standard InChI is InChI=1S/C16H29N/c1-5-7-14(8-6-2)13(4)16-10-9-15(17)11-12(16)3/h5,7,9,12-14,16H,6,8,10-11,17H2,1-4H3/b7-5-/t12-,13+,14?,16?/m1/s1. The van der Waals surface area contributed by atoms with Crippen molar-refractivity contribution in [2.24, 2.45) is 29.4 Å². The molecular formula is C16H29N. The van der Waals surface area contributed by atoms with Crippen LogP contribution in [0.5, 0.6) is 0 Å². The maximum Gasteiger partial charge on any atom is 0.00428 e. The number of rotatable bonds is 5. The maximum atomic E-state index is 5.93. The molecule has 0 radical (unpaired) electrons. The molecule has 1 heteroatoms. The Labute approximate surface area is 107 Å². The largest absolute Gasteiger partial charge is 0.402 e. The zero-order valence-electron chi connectivity index (χ0n) is 11.9. The van der Waals surface area contributed by atoms with Gasteiger partial charge in [0.15, 0.2) is 0 Å². The summed E-state index contributed by atoms with van der Waals surface area (Å²) in [6.45, 7) is 9.21. The van der Waals surface area contributed by atoms with Crippen LogP contribution in [0.25, 0.3) is 0 Å². The predicted molar refractivity (Wildman–Crippen MR) is 76.5 cm³/mol. The van der Waals surface area contributed by atoms with Crippen molar-refractivity contribution in [1.82, 2.24) is 0 Å². The summed E-state index contributed by atoms with van der Waals surface area (Å²) in [7, 11) is 0. The summed E-state index contributed by atoms with van der Waals surface area (Å²) < 4.78 is 0. The first-order valence-corrected chi connectivity index (χ1v) is 7.17. The number of hydrogen-bond acceptors (Lipinski definition) is 1. The van der Waals surface area contributed by atoms with Crippen LogP contribution in [-0.2, 0) is 0 Å². The van der Waals surface area contributed by atoms with E-state index in [9.17, 15) is 0 Å². The smallest absolute Gasteiger partial charge is 0.00428 e. The van der Waals surface area contributed by atoms with Gasteiger partial charge in [0, 0.05) is 5.70 Å². The topological polar surface area (TPSA) is 26.0 Å². The molecule has 0 amide bonds. The zero-order valence-corrected chi connectivity index (χ0v) is 11.9. The molecule has 0 fully saturated rings. The third-order valence-electron chi connectivity index (χ3n) is 4.35. The van der Waals surface area contributed by atoms with E-state index < -0.39 is 0 Å². The van der Waals surface area contributed by atoms with Gasteiger partial charge in [0.25, 0.3) is 0 Å². The van der Waals surface area contributed by atoms with Crippen LogP contribution >= 0.6 is 0 Å². The summed E-state index contributed by atoms with van der Waals surface area (Å²) in [5.74, 6) is 3.05. The Morgan fingerprint density at radius 2 is 2.24 bits per heavy atom. The number of nitrogens with two attached hydrogens (primary N) is 1. The molecule has 17 heavy (non-hydrogen) atoms. The van der Waals surface area contributed by atoms with Crippen molar-refractivity contribution < 1.29 is 0 Å². The fourth-order valence-corrected chi connectivity index (χ4v) is 3.29. The fraction of sp³-hybridized carbons (Fsp3) is 0.750. The summed E-state index contributed by atoms with van der Waals surface area (Å²) in [6, 6.07) is 0. The van der Waals surface area contributed by atoms with E-state index in [4.69, 9.17) is 5.73 Å². The molecule has 0 aromatic carbocycles. The highest BCUT2D eigenvalue weighted by Crippen LogP contribution is 2.38. The van der Waals surface area contributed by atoms with Gasteiger partial charge in [-0.25, -0.2) is 0 Å². The molecule has 4 atom stereocenters. The van der Waals surface area contributed by atoms with Gasteiger partial charge in [0.2, 0.25) is 0 Å². The van der Waals surface area contributed by atoms with Crippen LogP contribution in [-0.4, -0.2) is 0 Å². The van der Waals surface area contributed by atoms with Crippen molar-refractivity contribution >= 4 is 0 Å². The molecule has 2 unspecified atom stereocenters. The molecule has 0 aliphatic heterocycles. The average molecular weight is 235 g/mol. The molecular weight excluding hydrogens is 206 g/mol. The first-order chi connectivity index (χ1) is 8.10. The van der Waals surface area contributed by atoms with Crippen LogP contribution in [0.4, 0.5) is 0 Å². The van der Waals surface area contributed by atoms with E-state index in [0.29, 0.717) is 0 Å². The van der Waals surface area contributed by atoms with Gasteiger partial charge in [-0.1, -0.05) is 45.4 Å². The Hall–Kier alpha value is -0.720. The van der Waals surface area contributed by atoms with Gasteiger partial charge in [-0.2, -0.15) is 0 Å². The van der Waals surface area contributed by atoms with Gasteiger partial charge >= 0.3 is 0 Å². The summed E-state index contributed by atoms with van der Waals surface area (Å²) in [5.41, 5.74) is 7.02. The molecule has 2 N–H and O–H groups in total. The molecule has 0 bridgehead atoms. The predicted octanol–water partition coefficient (Wildman–Crippen LogP) is 4.50. The van der Waals surface area contributed by atoms with Crippen LogP contribution in [0.3, 0.4) is 0 Å². The Morgan fingerprint density at radius 3 is 2.76 bits per heavy atom. The van der Waals surface area contributed by atoms with Crippen molar-refractivity contribution in [2.75, 3.05) is 0 Å². The molecule has 0 aromatic heterocycles. The van der Waals surface area contributed by atoms with Crippen LogP contribution in [0.15, 0.2) is 23.9 Å². The van der Waals surface area contributed by atoms with Gasteiger partial charge < -0.3 is 5.73 Å². The Morgan fingerprint density at radius 1 is 1.53 bits per heavy atom. The molecule has 98 valence electrons. The third-order valence-corrected chi connectivity index (χ3v) is 4.35. The van der Waals surface area contributed by atoms with E-state index >= 15 is 0 Å². The molecule has 1 aliphatic carbocycles. The average Bonchev–Trinajstić information content (AvgIpc) is 2.28. The maximum absolute atomic E-state index is 5.93. The van der Waals surface area contributed by atoms with E-state index in [1.807, 2.05) is 0 Å². The lowest BCUT2D eigenvalue weighted by molar-refractivity contribution is 0.193. The van der Waals surface area contributed by atoms with Crippen molar-refractivity contribution in [3.05, 3.63) is 23.9 Å². The Bertz CT molecular complexity index is 277. The van der Waals surface area contributed by atoms with E-state index in [1.54, 1.807) is 0 Å². The monoisotopic (exact) mass is 235 g/mol. The highest BCUT2D eigenvalue weighted by Gasteiger charge is 2.29. The van der Waals surface area contributed by atoms with Gasteiger partial charge in [0.05, 0.1) is 0 Å². The van der Waals surface area contributed by atoms with Crippen molar-refractivity contribution in [3.8, 4) is 0 Å². The molecule has 1 aliphatic rings. The molecule has 1 nitrogen and oxygen atoms in total. The Balaban J connectivity index is 2.69. The molecule has 0 aromatic rings. The molecule has 0 heterocycles. The van der Waals surface area contributed by atoms with Crippen molar-refractivity contribution in [3.63, 3.8) is 0 Å². The van der Waals surface area contributed by atoms with Crippen molar-refractivity contribution in [1.29, 1.82) is 0 Å². The van der Waals surface area contributed by atoms with E-state index in [2.05, 4.69) is 45.9 Å². The van der Waals surface area contributed by atoms with Crippen molar-refractivity contribution in [2.45, 2.75) is 53.4 Å². The first-order valence-electron chi connectivity index (χ1n) is 7.17. The minimum Gasteiger partial charge on any atom is -0.402 e. The molecule has 0 saturated heterocycles. The second-order valence-electron chi connectivity index (χ2n) is 5.70. The molecule has 1 rings (SSSR count). The molecule has 0 saturated carbocycles. The summed E-state index contributed by atoms with van der Waals surface area (Å²) in [4.78, 5) is 0. The van der Waals surface area contributed by atoms with Crippen LogP contribution in [0.1, 0.15) is 53.4 Å². The second-order valence-corrected chi connectivity index (χ2v) is 5.70. The fourth-order valence-electron chi connectivity index (χ4n) is 3.29. The van der Waals surface area contributed by atoms with Gasteiger partial charge in [-0.15, -0.1) is 0 Å². The first kappa shape index (κ1) is 14.3. The minimum atomic E-state index is 0.736. The highest BCUT2D eigenvalue weighted by atomic mass is 14.6. The summed E-state index contributed by atoms with van der Waals surface area (Å²) in [6.07, 6.45) is 11.7. The molecule has 0 spiro atoms. The lowest BCUT2D eigenvalue weighted by Crippen LogP contribution is -2.28.